The van der Waals surface area contributed by atoms with Crippen molar-refractivity contribution in [1.82, 2.24) is 4.90 Å². The number of phenolic OH excluding ortho intramolecular Hbond substituents is 1. The van der Waals surface area contributed by atoms with E-state index in [4.69, 9.17) is 21.7 Å². The molecule has 1 amide bonds. The van der Waals surface area contributed by atoms with Gasteiger partial charge in [-0.15, -0.1) is 0 Å². The van der Waals surface area contributed by atoms with Crippen molar-refractivity contribution < 1.29 is 24.2 Å². The number of thiocarbonyl (C=S) groups is 1. The largest absolute Gasteiger partial charge is 0.504 e. The molecule has 1 aliphatic rings. The highest BCUT2D eigenvalue weighted by molar-refractivity contribution is 7.80. The number of anilines is 1. The zero-order valence-corrected chi connectivity index (χ0v) is 18.4. The molecule has 0 bridgehead atoms. The minimum atomic E-state index is -0.523. The van der Waals surface area contributed by atoms with Crippen LogP contribution in [0.3, 0.4) is 0 Å². The summed E-state index contributed by atoms with van der Waals surface area (Å²) in [6.07, 6.45) is 2.49. The van der Waals surface area contributed by atoms with E-state index >= 15 is 0 Å². The van der Waals surface area contributed by atoms with E-state index in [1.165, 1.54) is 23.0 Å². The first-order chi connectivity index (χ1) is 14.9. The van der Waals surface area contributed by atoms with Gasteiger partial charge in [0, 0.05) is 0 Å². The quantitative estimate of drug-likeness (QED) is 0.401. The topological polar surface area (TPSA) is 79.3 Å². The summed E-state index contributed by atoms with van der Waals surface area (Å²) < 4.78 is 10.2. The summed E-state index contributed by atoms with van der Waals surface area (Å²) in [5.74, 6) is -0.577. The molecule has 0 atom stereocenters. The zero-order chi connectivity index (χ0) is 22.5. The average Bonchev–Trinajstić information content (AvgIpc) is 3.00. The highest BCUT2D eigenvalue weighted by Gasteiger charge is 2.40. The Balaban J connectivity index is 2.03. The normalized spacial score (nSPS) is 15.0. The molecule has 2 aromatic rings. The summed E-state index contributed by atoms with van der Waals surface area (Å²) in [6, 6.07) is 12.3. The van der Waals surface area contributed by atoms with Gasteiger partial charge in [-0.2, -0.15) is 0 Å². The second-order valence-electron chi connectivity index (χ2n) is 6.80. The Hall–Kier alpha value is -3.39. The Morgan fingerprint density at radius 1 is 1.16 bits per heavy atom. The molecule has 31 heavy (non-hydrogen) atoms. The fraction of sp³-hybridized carbons (Fsp3) is 0.261. The van der Waals surface area contributed by atoms with Gasteiger partial charge in [0.2, 0.25) is 0 Å². The zero-order valence-electron chi connectivity index (χ0n) is 17.6. The van der Waals surface area contributed by atoms with Gasteiger partial charge in [0.25, 0.3) is 5.91 Å². The summed E-state index contributed by atoms with van der Waals surface area (Å²) in [5, 5.41) is 10.1. The van der Waals surface area contributed by atoms with Crippen molar-refractivity contribution in [2.24, 2.45) is 0 Å². The number of carbonyl (C=O) groups excluding carboxylic acids is 2. The van der Waals surface area contributed by atoms with Crippen LogP contribution in [-0.2, 0) is 20.7 Å². The first-order valence-electron chi connectivity index (χ1n) is 9.88. The number of aromatic hydroxyl groups is 1. The predicted octanol–water partition coefficient (Wildman–Crippen LogP) is 3.50. The maximum absolute atomic E-state index is 13.3. The number of phenols is 1. The standard InChI is InChI=1S/C23H24N2O5S/c1-4-15-6-9-17(10-7-15)25-22(28)18(24(23(25)31)14-21(27)29-3)12-16-8-11-19(26)20(13-16)30-5-2/h6-13,26H,4-5,14H2,1-3H3. The Labute approximate surface area is 186 Å². The molecule has 2 aromatic carbocycles. The van der Waals surface area contributed by atoms with Crippen molar-refractivity contribution in [2.45, 2.75) is 20.3 Å². The summed E-state index contributed by atoms with van der Waals surface area (Å²) in [4.78, 5) is 28.2. The third-order valence-corrected chi connectivity index (χ3v) is 5.24. The van der Waals surface area contributed by atoms with Gasteiger partial charge >= 0.3 is 5.97 Å². The summed E-state index contributed by atoms with van der Waals surface area (Å²) in [6.45, 7) is 4.04. The minimum Gasteiger partial charge on any atom is -0.504 e. The lowest BCUT2D eigenvalue weighted by Gasteiger charge is -2.19. The Morgan fingerprint density at radius 2 is 1.87 bits per heavy atom. The molecule has 1 saturated heterocycles. The first kappa shape index (κ1) is 22.3. The number of esters is 1. The van der Waals surface area contributed by atoms with E-state index in [2.05, 4.69) is 0 Å². The van der Waals surface area contributed by atoms with Crippen LogP contribution in [0, 0.1) is 0 Å². The molecule has 1 N–H and O–H groups in total. The van der Waals surface area contributed by atoms with E-state index in [0.29, 0.717) is 23.6 Å². The number of benzene rings is 2. The lowest BCUT2D eigenvalue weighted by molar-refractivity contribution is -0.140. The van der Waals surface area contributed by atoms with Gasteiger partial charge in [0.1, 0.15) is 12.2 Å². The van der Waals surface area contributed by atoms with Gasteiger partial charge < -0.3 is 19.5 Å². The second kappa shape index (κ2) is 9.61. The second-order valence-corrected chi connectivity index (χ2v) is 7.16. The highest BCUT2D eigenvalue weighted by atomic mass is 32.1. The maximum Gasteiger partial charge on any atom is 0.325 e. The van der Waals surface area contributed by atoms with Crippen LogP contribution < -0.4 is 9.64 Å². The van der Waals surface area contributed by atoms with Crippen LogP contribution in [0.15, 0.2) is 48.2 Å². The van der Waals surface area contributed by atoms with Crippen LogP contribution in [-0.4, -0.2) is 47.3 Å². The number of carbonyl (C=O) groups is 2. The third-order valence-electron chi connectivity index (χ3n) is 4.84. The lowest BCUT2D eigenvalue weighted by atomic mass is 10.1. The van der Waals surface area contributed by atoms with E-state index < -0.39 is 5.97 Å². The van der Waals surface area contributed by atoms with Gasteiger partial charge in [-0.1, -0.05) is 25.1 Å². The van der Waals surface area contributed by atoms with Gasteiger partial charge in [-0.25, -0.2) is 0 Å². The molecule has 0 saturated carbocycles. The van der Waals surface area contributed by atoms with Crippen molar-refractivity contribution in [3.63, 3.8) is 0 Å². The number of aryl methyl sites for hydroxylation is 1. The highest BCUT2D eigenvalue weighted by Crippen LogP contribution is 2.32. The van der Waals surface area contributed by atoms with Crippen LogP contribution in [0.1, 0.15) is 25.0 Å². The monoisotopic (exact) mass is 440 g/mol. The number of nitrogens with zero attached hydrogens (tertiary/aromatic N) is 2. The van der Waals surface area contributed by atoms with Crippen LogP contribution in [0.5, 0.6) is 11.5 Å². The molecular formula is C23H24N2O5S. The molecule has 1 fully saturated rings. The van der Waals surface area contributed by atoms with Gasteiger partial charge in [-0.3, -0.25) is 14.5 Å². The van der Waals surface area contributed by atoms with E-state index in [1.54, 1.807) is 18.2 Å². The lowest BCUT2D eigenvalue weighted by Crippen LogP contribution is -2.35. The SMILES string of the molecule is CCOc1cc(C=C2C(=O)N(c3ccc(CC)cc3)C(=S)N2CC(=O)OC)ccc1O. The van der Waals surface area contributed by atoms with Crippen LogP contribution >= 0.6 is 12.2 Å². The number of ether oxygens (including phenoxy) is 2. The summed E-state index contributed by atoms with van der Waals surface area (Å²) in [7, 11) is 1.28. The predicted molar refractivity (Wildman–Crippen MR) is 122 cm³/mol. The molecule has 162 valence electrons. The smallest absolute Gasteiger partial charge is 0.325 e. The van der Waals surface area contributed by atoms with Gasteiger partial charge in [0.05, 0.1) is 19.4 Å². The molecule has 7 nitrogen and oxygen atoms in total. The Bertz CT molecular complexity index is 1030. The van der Waals surface area contributed by atoms with Crippen LogP contribution in [0.25, 0.3) is 6.08 Å². The maximum atomic E-state index is 13.3. The number of amides is 1. The number of methoxy groups -OCH3 is 1. The molecule has 0 radical (unpaired) electrons. The van der Waals surface area contributed by atoms with Crippen LogP contribution in [0.2, 0.25) is 0 Å². The summed E-state index contributed by atoms with van der Waals surface area (Å²) in [5.41, 5.74) is 2.59. The minimum absolute atomic E-state index is 0.00123. The van der Waals surface area contributed by atoms with Crippen molar-refractivity contribution >= 4 is 41.0 Å². The van der Waals surface area contributed by atoms with E-state index in [1.807, 2.05) is 38.1 Å². The van der Waals surface area contributed by atoms with E-state index in [9.17, 15) is 14.7 Å². The molecule has 0 unspecified atom stereocenters. The average molecular weight is 441 g/mol. The molecule has 3 rings (SSSR count). The summed E-state index contributed by atoms with van der Waals surface area (Å²) >= 11 is 5.55. The van der Waals surface area contributed by atoms with Crippen molar-refractivity contribution in [1.29, 1.82) is 0 Å². The molecule has 0 aliphatic carbocycles. The third kappa shape index (κ3) is 4.69. The Morgan fingerprint density at radius 3 is 2.48 bits per heavy atom. The van der Waals surface area contributed by atoms with Crippen LogP contribution in [0.4, 0.5) is 5.69 Å². The van der Waals surface area contributed by atoms with Crippen molar-refractivity contribution in [3.05, 3.63) is 59.3 Å². The van der Waals surface area contributed by atoms with Gasteiger partial charge in [0.15, 0.2) is 16.6 Å². The number of rotatable bonds is 7. The fourth-order valence-corrected chi connectivity index (χ4v) is 3.54. The van der Waals surface area contributed by atoms with Crippen molar-refractivity contribution in [2.75, 3.05) is 25.2 Å². The van der Waals surface area contributed by atoms with Gasteiger partial charge in [-0.05, 0) is 67.0 Å². The molecule has 1 heterocycles. The first-order valence-corrected chi connectivity index (χ1v) is 10.3. The Kier molecular flexibility index (Phi) is 6.91. The van der Waals surface area contributed by atoms with E-state index in [0.717, 1.165) is 12.0 Å². The van der Waals surface area contributed by atoms with Crippen molar-refractivity contribution in [3.8, 4) is 11.5 Å². The fourth-order valence-electron chi connectivity index (χ4n) is 3.18. The van der Waals surface area contributed by atoms with E-state index in [-0.39, 0.29) is 29.0 Å². The molecule has 0 aromatic heterocycles. The molecule has 8 heteroatoms. The molecular weight excluding hydrogens is 416 g/mol. The number of hydrogen-bond donors (Lipinski definition) is 1. The number of hydrogen-bond acceptors (Lipinski definition) is 6. The molecule has 0 spiro atoms. The molecule has 1 aliphatic heterocycles.